The number of benzene rings is 2. The number of aromatic nitrogens is 4. The van der Waals surface area contributed by atoms with Crippen LogP contribution in [0.2, 0.25) is 0 Å². The predicted octanol–water partition coefficient (Wildman–Crippen LogP) is 2.33. The molecule has 0 amide bonds. The summed E-state index contributed by atoms with van der Waals surface area (Å²) < 4.78 is 7.63. The number of esters is 1. The van der Waals surface area contributed by atoms with Crippen molar-refractivity contribution < 1.29 is 9.53 Å². The van der Waals surface area contributed by atoms with Crippen molar-refractivity contribution in [2.75, 3.05) is 7.11 Å². The number of aromatic amines is 1. The number of rotatable bonds is 4. The van der Waals surface area contributed by atoms with Crippen molar-refractivity contribution in [3.05, 3.63) is 91.9 Å². The quantitative estimate of drug-likeness (QED) is 0.527. The van der Waals surface area contributed by atoms with Crippen molar-refractivity contribution in [3.8, 4) is 5.69 Å². The summed E-state index contributed by atoms with van der Waals surface area (Å²) in [5.74, 6) is -0.540. The van der Waals surface area contributed by atoms with Crippen molar-refractivity contribution in [2.45, 2.75) is 20.4 Å². The lowest BCUT2D eigenvalue weighted by molar-refractivity contribution is 0.0601. The number of methoxy groups -OCH3 is 1. The van der Waals surface area contributed by atoms with Crippen molar-refractivity contribution in [1.29, 1.82) is 0 Å². The van der Waals surface area contributed by atoms with E-state index in [-0.39, 0.29) is 17.6 Å². The van der Waals surface area contributed by atoms with E-state index in [1.807, 2.05) is 44.2 Å². The first-order valence-corrected chi connectivity index (χ1v) is 9.36. The van der Waals surface area contributed by atoms with E-state index in [1.165, 1.54) is 25.3 Å². The van der Waals surface area contributed by atoms with E-state index in [2.05, 4.69) is 14.8 Å². The molecule has 0 radical (unpaired) electrons. The summed E-state index contributed by atoms with van der Waals surface area (Å²) in [6.45, 7) is 3.85. The molecule has 0 saturated carbocycles. The fraction of sp³-hybridized carbons (Fsp3) is 0.182. The zero-order valence-electron chi connectivity index (χ0n) is 16.8. The van der Waals surface area contributed by atoms with Gasteiger partial charge in [-0.05, 0) is 44.2 Å². The topological polar surface area (TPSA) is 99.0 Å². The summed E-state index contributed by atoms with van der Waals surface area (Å²) >= 11 is 0. The number of nitrogens with one attached hydrogen (secondary N) is 1. The predicted molar refractivity (Wildman–Crippen MR) is 112 cm³/mol. The van der Waals surface area contributed by atoms with E-state index in [0.717, 1.165) is 27.2 Å². The number of hydrogen-bond donors (Lipinski definition) is 1. The molecule has 2 aromatic carbocycles. The summed E-state index contributed by atoms with van der Waals surface area (Å²) in [6, 6.07) is 14.1. The van der Waals surface area contributed by atoms with Gasteiger partial charge in [0.1, 0.15) is 0 Å². The van der Waals surface area contributed by atoms with Crippen LogP contribution < -0.4 is 11.2 Å². The highest BCUT2D eigenvalue weighted by Crippen LogP contribution is 2.18. The molecule has 1 N–H and O–H groups in total. The van der Waals surface area contributed by atoms with E-state index in [0.29, 0.717) is 5.39 Å². The van der Waals surface area contributed by atoms with Crippen LogP contribution in [-0.2, 0) is 11.3 Å². The fourth-order valence-corrected chi connectivity index (χ4v) is 3.53. The largest absolute Gasteiger partial charge is 0.465 e. The molecule has 4 rings (SSSR count). The molecule has 0 unspecified atom stereocenters. The lowest BCUT2D eigenvalue weighted by atomic mass is 10.1. The number of para-hydroxylation sites is 1. The van der Waals surface area contributed by atoms with Crippen LogP contribution in [0, 0.1) is 13.8 Å². The molecule has 0 aliphatic carbocycles. The van der Waals surface area contributed by atoms with Gasteiger partial charge in [0.2, 0.25) is 0 Å². The summed E-state index contributed by atoms with van der Waals surface area (Å²) in [5, 5.41) is 4.89. The maximum absolute atomic E-state index is 13.0. The van der Waals surface area contributed by atoms with Gasteiger partial charge in [-0.2, -0.15) is 5.10 Å². The van der Waals surface area contributed by atoms with E-state index >= 15 is 0 Å². The van der Waals surface area contributed by atoms with Gasteiger partial charge in [-0.15, -0.1) is 0 Å². The normalized spacial score (nSPS) is 11.0. The average Bonchev–Trinajstić information content (AvgIpc) is 3.04. The molecule has 0 aliphatic rings. The Balaban J connectivity index is 1.80. The summed E-state index contributed by atoms with van der Waals surface area (Å²) in [5.41, 5.74) is 2.86. The van der Waals surface area contributed by atoms with Gasteiger partial charge >= 0.3 is 11.7 Å². The number of nitrogens with zero attached hydrogens (tertiary/aromatic N) is 3. The van der Waals surface area contributed by atoms with Crippen LogP contribution in [0.4, 0.5) is 0 Å². The van der Waals surface area contributed by atoms with E-state index in [9.17, 15) is 14.4 Å². The average molecular weight is 404 g/mol. The Hall–Kier alpha value is -3.94. The van der Waals surface area contributed by atoms with Crippen LogP contribution in [0.3, 0.4) is 0 Å². The maximum Gasteiger partial charge on any atom is 0.337 e. The molecule has 8 heteroatoms. The van der Waals surface area contributed by atoms with Crippen molar-refractivity contribution in [1.82, 2.24) is 19.3 Å². The third-order valence-electron chi connectivity index (χ3n) is 5.16. The smallest absolute Gasteiger partial charge is 0.337 e. The lowest BCUT2D eigenvalue weighted by Gasteiger charge is -2.09. The first-order chi connectivity index (χ1) is 14.4. The molecule has 0 spiro atoms. The Morgan fingerprint density at radius 2 is 1.83 bits per heavy atom. The van der Waals surface area contributed by atoms with Gasteiger partial charge in [0.15, 0.2) is 0 Å². The Morgan fingerprint density at radius 3 is 2.53 bits per heavy atom. The minimum absolute atomic E-state index is 0.0906. The van der Waals surface area contributed by atoms with Crippen LogP contribution >= 0.6 is 0 Å². The van der Waals surface area contributed by atoms with Crippen molar-refractivity contribution in [2.24, 2.45) is 0 Å². The molecular weight excluding hydrogens is 384 g/mol. The highest BCUT2D eigenvalue weighted by molar-refractivity contribution is 5.93. The second-order valence-corrected chi connectivity index (χ2v) is 6.97. The Bertz CT molecular complexity index is 1380. The van der Waals surface area contributed by atoms with Crippen LogP contribution in [0.25, 0.3) is 16.6 Å². The zero-order chi connectivity index (χ0) is 21.4. The van der Waals surface area contributed by atoms with E-state index in [4.69, 9.17) is 0 Å². The van der Waals surface area contributed by atoms with Crippen LogP contribution in [-0.4, -0.2) is 32.4 Å². The third kappa shape index (κ3) is 3.22. The molecular formula is C22H20N4O4. The minimum Gasteiger partial charge on any atom is -0.465 e. The van der Waals surface area contributed by atoms with Crippen LogP contribution in [0.15, 0.2) is 58.1 Å². The summed E-state index contributed by atoms with van der Waals surface area (Å²) in [4.78, 5) is 40.1. The third-order valence-corrected chi connectivity index (χ3v) is 5.16. The number of carbonyl (C=O) groups is 1. The molecule has 4 aromatic rings. The lowest BCUT2D eigenvalue weighted by Crippen LogP contribution is -2.35. The van der Waals surface area contributed by atoms with E-state index in [1.54, 1.807) is 4.68 Å². The molecule has 30 heavy (non-hydrogen) atoms. The maximum atomic E-state index is 13.0. The standard InChI is InChI=1S/C22H20N4O4/c1-13-18(14(2)26(24-13)16-7-5-4-6-8-16)12-25-20(27)17-10-9-15(21(28)30-3)11-19(17)23-22(25)29/h4-11H,12H2,1-3H3,(H,23,29). The van der Waals surface area contributed by atoms with Crippen LogP contribution in [0.5, 0.6) is 0 Å². The Kier molecular flexibility index (Phi) is 4.83. The number of carbonyl (C=O) groups excluding carboxylic acids is 1. The van der Waals surface area contributed by atoms with Crippen LogP contribution in [0.1, 0.15) is 27.3 Å². The molecule has 0 aliphatic heterocycles. The zero-order valence-corrected chi connectivity index (χ0v) is 16.8. The summed E-state index contributed by atoms with van der Waals surface area (Å²) in [7, 11) is 1.27. The van der Waals surface area contributed by atoms with Gasteiger partial charge in [-0.1, -0.05) is 18.2 Å². The minimum atomic E-state index is -0.555. The Labute approximate surface area is 171 Å². The second kappa shape index (κ2) is 7.47. The molecule has 0 atom stereocenters. The van der Waals surface area contributed by atoms with Crippen molar-refractivity contribution >= 4 is 16.9 Å². The molecule has 152 valence electrons. The summed E-state index contributed by atoms with van der Waals surface area (Å²) in [6.07, 6.45) is 0. The number of fused-ring (bicyclic) bond motifs is 1. The molecule has 2 heterocycles. The number of H-pyrrole nitrogens is 1. The second-order valence-electron chi connectivity index (χ2n) is 6.97. The van der Waals surface area contributed by atoms with Crippen molar-refractivity contribution in [3.63, 3.8) is 0 Å². The van der Waals surface area contributed by atoms with Gasteiger partial charge < -0.3 is 9.72 Å². The molecule has 2 aromatic heterocycles. The highest BCUT2D eigenvalue weighted by atomic mass is 16.5. The Morgan fingerprint density at radius 1 is 1.10 bits per heavy atom. The molecule has 0 fully saturated rings. The SMILES string of the molecule is COC(=O)c1ccc2c(=O)n(Cc3c(C)nn(-c4ccccc4)c3C)c(=O)[nH]c2c1. The molecule has 0 saturated heterocycles. The van der Waals surface area contributed by atoms with E-state index < -0.39 is 17.2 Å². The number of aryl methyl sites for hydroxylation is 1. The molecule has 0 bridgehead atoms. The number of ether oxygens (including phenoxy) is 1. The van der Waals surface area contributed by atoms with Gasteiger partial charge in [0.05, 0.1) is 41.5 Å². The monoisotopic (exact) mass is 404 g/mol. The first-order valence-electron chi connectivity index (χ1n) is 9.36. The first kappa shape index (κ1) is 19.4. The van der Waals surface area contributed by atoms with Gasteiger partial charge in [0, 0.05) is 11.3 Å². The van der Waals surface area contributed by atoms with Gasteiger partial charge in [-0.25, -0.2) is 14.3 Å². The highest BCUT2D eigenvalue weighted by Gasteiger charge is 2.17. The number of hydrogen-bond acceptors (Lipinski definition) is 5. The molecule has 8 nitrogen and oxygen atoms in total. The van der Waals surface area contributed by atoms with Gasteiger partial charge in [-0.3, -0.25) is 9.36 Å². The van der Waals surface area contributed by atoms with Gasteiger partial charge in [0.25, 0.3) is 5.56 Å². The fourth-order valence-electron chi connectivity index (χ4n) is 3.53.